The molecule has 2 rings (SSSR count). The summed E-state index contributed by atoms with van der Waals surface area (Å²) in [6, 6.07) is 8.11. The second-order valence-corrected chi connectivity index (χ2v) is 4.06. The number of aromatic nitrogens is 2. The van der Waals surface area contributed by atoms with Crippen molar-refractivity contribution in [1.82, 2.24) is 10.1 Å². The Hall–Kier alpha value is -2.22. The molecule has 0 saturated heterocycles. The predicted molar refractivity (Wildman–Crippen MR) is 63.0 cm³/mol. The molecule has 0 radical (unpaired) electrons. The first-order valence-corrected chi connectivity index (χ1v) is 5.67. The van der Waals surface area contributed by atoms with E-state index in [-0.39, 0.29) is 11.7 Å². The van der Waals surface area contributed by atoms with Gasteiger partial charge in [0.15, 0.2) is 0 Å². The van der Waals surface area contributed by atoms with Crippen molar-refractivity contribution in [3.8, 4) is 17.5 Å². The number of halogens is 1. The standard InChI is InChI=1S/C13H12FN3O/c1-9(4-3-7-15)13-16-12(17-18-13)10-5-2-6-11(14)8-10/h2,5-6,8-9H,3-4H2,1H3. The van der Waals surface area contributed by atoms with Crippen LogP contribution < -0.4 is 0 Å². The lowest BCUT2D eigenvalue weighted by atomic mass is 10.1. The molecule has 18 heavy (non-hydrogen) atoms. The van der Waals surface area contributed by atoms with E-state index < -0.39 is 0 Å². The molecular formula is C13H12FN3O. The third kappa shape index (κ3) is 2.72. The summed E-state index contributed by atoms with van der Waals surface area (Å²) >= 11 is 0. The lowest BCUT2D eigenvalue weighted by Crippen LogP contribution is -1.93. The van der Waals surface area contributed by atoms with Gasteiger partial charge in [-0.2, -0.15) is 10.2 Å². The zero-order chi connectivity index (χ0) is 13.0. The molecule has 0 amide bonds. The van der Waals surface area contributed by atoms with E-state index in [0.717, 1.165) is 0 Å². The zero-order valence-corrected chi connectivity index (χ0v) is 9.93. The number of rotatable bonds is 4. The normalized spacial score (nSPS) is 12.1. The summed E-state index contributed by atoms with van der Waals surface area (Å²) in [6.45, 7) is 1.92. The first kappa shape index (κ1) is 12.2. The lowest BCUT2D eigenvalue weighted by molar-refractivity contribution is 0.355. The van der Waals surface area contributed by atoms with Crippen LogP contribution in [-0.2, 0) is 0 Å². The van der Waals surface area contributed by atoms with Gasteiger partial charge in [-0.05, 0) is 18.6 Å². The Bertz CT molecular complexity index is 574. The van der Waals surface area contributed by atoms with E-state index >= 15 is 0 Å². The van der Waals surface area contributed by atoms with Crippen molar-refractivity contribution in [1.29, 1.82) is 5.26 Å². The van der Waals surface area contributed by atoms with E-state index in [1.54, 1.807) is 12.1 Å². The molecule has 0 aliphatic carbocycles. The number of hydrogen-bond acceptors (Lipinski definition) is 4. The van der Waals surface area contributed by atoms with Crippen LogP contribution in [-0.4, -0.2) is 10.1 Å². The van der Waals surface area contributed by atoms with Gasteiger partial charge in [-0.25, -0.2) is 4.39 Å². The summed E-state index contributed by atoms with van der Waals surface area (Å²) in [7, 11) is 0. The molecule has 1 aromatic carbocycles. The van der Waals surface area contributed by atoms with Gasteiger partial charge in [-0.15, -0.1) is 0 Å². The maximum absolute atomic E-state index is 13.1. The van der Waals surface area contributed by atoms with Crippen molar-refractivity contribution in [2.24, 2.45) is 0 Å². The molecular weight excluding hydrogens is 233 g/mol. The molecule has 4 nitrogen and oxygen atoms in total. The van der Waals surface area contributed by atoms with Gasteiger partial charge in [0, 0.05) is 17.9 Å². The van der Waals surface area contributed by atoms with E-state index in [1.165, 1.54) is 12.1 Å². The lowest BCUT2D eigenvalue weighted by Gasteiger charge is -2.00. The number of nitrogens with zero attached hydrogens (tertiary/aromatic N) is 3. The van der Waals surface area contributed by atoms with E-state index in [1.807, 2.05) is 6.92 Å². The average Bonchev–Trinajstić information content (AvgIpc) is 2.85. The number of benzene rings is 1. The quantitative estimate of drug-likeness (QED) is 0.829. The average molecular weight is 245 g/mol. The predicted octanol–water partition coefficient (Wildman–Crippen LogP) is 3.28. The van der Waals surface area contributed by atoms with Crippen LogP contribution in [0, 0.1) is 17.1 Å². The van der Waals surface area contributed by atoms with Gasteiger partial charge in [0.1, 0.15) is 5.82 Å². The Morgan fingerprint density at radius 1 is 1.50 bits per heavy atom. The fourth-order valence-electron chi connectivity index (χ4n) is 1.58. The third-order valence-corrected chi connectivity index (χ3v) is 2.64. The topological polar surface area (TPSA) is 62.7 Å². The molecule has 0 N–H and O–H groups in total. The fourth-order valence-corrected chi connectivity index (χ4v) is 1.58. The highest BCUT2D eigenvalue weighted by Gasteiger charge is 2.15. The van der Waals surface area contributed by atoms with Crippen molar-refractivity contribution in [3.05, 3.63) is 36.0 Å². The minimum Gasteiger partial charge on any atom is -0.339 e. The van der Waals surface area contributed by atoms with Gasteiger partial charge in [0.2, 0.25) is 11.7 Å². The largest absolute Gasteiger partial charge is 0.339 e. The second kappa shape index (κ2) is 5.41. The van der Waals surface area contributed by atoms with E-state index in [0.29, 0.717) is 30.1 Å². The van der Waals surface area contributed by atoms with Crippen molar-refractivity contribution >= 4 is 0 Å². The van der Waals surface area contributed by atoms with Crippen LogP contribution in [0.2, 0.25) is 0 Å². The van der Waals surface area contributed by atoms with Gasteiger partial charge in [-0.1, -0.05) is 24.2 Å². The molecule has 0 fully saturated rings. The van der Waals surface area contributed by atoms with Gasteiger partial charge in [-0.3, -0.25) is 0 Å². The van der Waals surface area contributed by atoms with Crippen LogP contribution in [0.25, 0.3) is 11.4 Å². The Morgan fingerprint density at radius 3 is 3.06 bits per heavy atom. The Kier molecular flexibility index (Phi) is 3.68. The van der Waals surface area contributed by atoms with Crippen molar-refractivity contribution in [3.63, 3.8) is 0 Å². The van der Waals surface area contributed by atoms with E-state index in [9.17, 15) is 4.39 Å². The summed E-state index contributed by atoms with van der Waals surface area (Å²) in [4.78, 5) is 4.22. The highest BCUT2D eigenvalue weighted by atomic mass is 19.1. The molecule has 0 bridgehead atoms. The van der Waals surface area contributed by atoms with E-state index in [4.69, 9.17) is 9.78 Å². The van der Waals surface area contributed by atoms with Gasteiger partial charge in [0.05, 0.1) is 6.07 Å². The molecule has 1 atom stereocenters. The molecule has 0 saturated carbocycles. The van der Waals surface area contributed by atoms with Crippen LogP contribution in [0.1, 0.15) is 31.6 Å². The Morgan fingerprint density at radius 2 is 2.33 bits per heavy atom. The van der Waals surface area contributed by atoms with Crippen molar-refractivity contribution in [2.75, 3.05) is 0 Å². The summed E-state index contributed by atoms with van der Waals surface area (Å²) in [6.07, 6.45) is 1.11. The van der Waals surface area contributed by atoms with Crippen LogP contribution in [0.15, 0.2) is 28.8 Å². The molecule has 2 aromatic rings. The molecule has 0 spiro atoms. The maximum Gasteiger partial charge on any atom is 0.229 e. The van der Waals surface area contributed by atoms with Crippen molar-refractivity contribution < 1.29 is 8.91 Å². The molecule has 0 aliphatic rings. The molecule has 1 aromatic heterocycles. The van der Waals surface area contributed by atoms with Crippen LogP contribution in [0.5, 0.6) is 0 Å². The SMILES string of the molecule is CC(CCC#N)c1nc(-c2cccc(F)c2)no1. The molecule has 0 aliphatic heterocycles. The number of nitriles is 1. The minimum atomic E-state index is -0.337. The summed E-state index contributed by atoms with van der Waals surface area (Å²) < 4.78 is 18.2. The smallest absolute Gasteiger partial charge is 0.229 e. The number of hydrogen-bond donors (Lipinski definition) is 0. The maximum atomic E-state index is 13.1. The fraction of sp³-hybridized carbons (Fsp3) is 0.308. The van der Waals surface area contributed by atoms with Crippen molar-refractivity contribution in [2.45, 2.75) is 25.7 Å². The molecule has 1 unspecified atom stereocenters. The summed E-state index contributed by atoms with van der Waals surface area (Å²) in [5.74, 6) is 0.536. The first-order chi connectivity index (χ1) is 8.70. The molecule has 1 heterocycles. The van der Waals surface area contributed by atoms with Gasteiger partial charge in [0.25, 0.3) is 0 Å². The highest BCUT2D eigenvalue weighted by Crippen LogP contribution is 2.22. The first-order valence-electron chi connectivity index (χ1n) is 5.67. The Balaban J connectivity index is 2.18. The summed E-state index contributed by atoms with van der Waals surface area (Å²) in [5, 5.41) is 12.3. The molecule has 92 valence electrons. The molecule has 5 heteroatoms. The monoisotopic (exact) mass is 245 g/mol. The zero-order valence-electron chi connectivity index (χ0n) is 9.93. The van der Waals surface area contributed by atoms with E-state index in [2.05, 4.69) is 16.2 Å². The van der Waals surface area contributed by atoms with Crippen LogP contribution in [0.4, 0.5) is 4.39 Å². The Labute approximate surface area is 104 Å². The summed E-state index contributed by atoms with van der Waals surface area (Å²) in [5.41, 5.74) is 0.581. The van der Waals surface area contributed by atoms with Gasteiger partial charge >= 0.3 is 0 Å². The van der Waals surface area contributed by atoms with Crippen LogP contribution >= 0.6 is 0 Å². The van der Waals surface area contributed by atoms with Gasteiger partial charge < -0.3 is 4.52 Å². The second-order valence-electron chi connectivity index (χ2n) is 4.06. The third-order valence-electron chi connectivity index (χ3n) is 2.64. The minimum absolute atomic E-state index is 0.0273. The highest BCUT2D eigenvalue weighted by molar-refractivity contribution is 5.53. The van der Waals surface area contributed by atoms with Crippen LogP contribution in [0.3, 0.4) is 0 Å².